The molecule has 1 amide bonds. The van der Waals surface area contributed by atoms with Crippen LogP contribution >= 0.6 is 0 Å². The Balaban J connectivity index is 1.41. The Kier molecular flexibility index (Phi) is 4.60. The molecule has 0 unspecified atom stereocenters. The minimum Gasteiger partial charge on any atom is -0.454 e. The van der Waals surface area contributed by atoms with Crippen LogP contribution in [0, 0.1) is 5.92 Å². The summed E-state index contributed by atoms with van der Waals surface area (Å²) in [6.07, 6.45) is 3.70. The average molecular weight is 291 g/mol. The van der Waals surface area contributed by atoms with E-state index in [2.05, 4.69) is 5.32 Å². The third-order valence-corrected chi connectivity index (χ3v) is 4.05. The fourth-order valence-corrected chi connectivity index (χ4v) is 2.71. The predicted octanol–water partition coefficient (Wildman–Crippen LogP) is 2.24. The molecule has 21 heavy (non-hydrogen) atoms. The first kappa shape index (κ1) is 14.2. The molecule has 1 saturated heterocycles. The maximum atomic E-state index is 11.9. The lowest BCUT2D eigenvalue weighted by Crippen LogP contribution is -2.24. The van der Waals surface area contributed by atoms with Crippen molar-refractivity contribution in [1.82, 2.24) is 5.32 Å². The Morgan fingerprint density at radius 3 is 2.86 bits per heavy atom. The summed E-state index contributed by atoms with van der Waals surface area (Å²) in [5.41, 5.74) is 1.03. The van der Waals surface area contributed by atoms with E-state index in [1.807, 2.05) is 18.2 Å². The average Bonchev–Trinajstić information content (AvgIpc) is 2.99. The van der Waals surface area contributed by atoms with Crippen LogP contribution < -0.4 is 14.8 Å². The zero-order chi connectivity index (χ0) is 14.5. The van der Waals surface area contributed by atoms with Crippen LogP contribution in [-0.4, -0.2) is 25.9 Å². The number of nitrogens with one attached hydrogen (secondary N) is 1. The summed E-state index contributed by atoms with van der Waals surface area (Å²) in [6.45, 7) is 2.48. The van der Waals surface area contributed by atoms with Crippen LogP contribution in [0.1, 0.15) is 31.2 Å². The first-order valence-electron chi connectivity index (χ1n) is 7.54. The zero-order valence-electron chi connectivity index (χ0n) is 12.1. The van der Waals surface area contributed by atoms with Gasteiger partial charge in [-0.05, 0) is 42.9 Å². The highest BCUT2D eigenvalue weighted by molar-refractivity contribution is 5.75. The van der Waals surface area contributed by atoms with Crippen molar-refractivity contribution in [2.75, 3.05) is 20.0 Å². The van der Waals surface area contributed by atoms with Gasteiger partial charge in [-0.2, -0.15) is 0 Å². The van der Waals surface area contributed by atoms with Crippen molar-refractivity contribution in [3.8, 4) is 11.5 Å². The maximum Gasteiger partial charge on any atom is 0.231 e. The van der Waals surface area contributed by atoms with E-state index in [9.17, 15) is 4.79 Å². The number of carbonyl (C=O) groups is 1. The standard InChI is InChI=1S/C16H21NO4/c18-16(4-2-12-5-7-19-8-6-12)17-10-13-1-3-14-15(9-13)21-11-20-14/h1,3,9,12H,2,4-8,10-11H2,(H,17,18). The fourth-order valence-electron chi connectivity index (χ4n) is 2.71. The number of benzene rings is 1. The van der Waals surface area contributed by atoms with Crippen molar-refractivity contribution < 1.29 is 19.0 Å². The van der Waals surface area contributed by atoms with Crippen LogP contribution in [0.4, 0.5) is 0 Å². The van der Waals surface area contributed by atoms with Crippen LogP contribution in [0.15, 0.2) is 18.2 Å². The van der Waals surface area contributed by atoms with Gasteiger partial charge in [0.1, 0.15) is 0 Å². The van der Waals surface area contributed by atoms with Gasteiger partial charge in [-0.3, -0.25) is 4.79 Å². The Labute approximate surface area is 124 Å². The second kappa shape index (κ2) is 6.80. The van der Waals surface area contributed by atoms with E-state index in [4.69, 9.17) is 14.2 Å². The lowest BCUT2D eigenvalue weighted by Gasteiger charge is -2.21. The highest BCUT2D eigenvalue weighted by atomic mass is 16.7. The molecular weight excluding hydrogens is 270 g/mol. The molecule has 0 bridgehead atoms. The molecule has 0 spiro atoms. The molecule has 1 aromatic rings. The fraction of sp³-hybridized carbons (Fsp3) is 0.562. The van der Waals surface area contributed by atoms with Gasteiger partial charge < -0.3 is 19.5 Å². The number of hydrogen-bond acceptors (Lipinski definition) is 4. The largest absolute Gasteiger partial charge is 0.454 e. The molecule has 0 aromatic heterocycles. The molecule has 3 rings (SSSR count). The number of fused-ring (bicyclic) bond motifs is 1. The highest BCUT2D eigenvalue weighted by Crippen LogP contribution is 2.32. The van der Waals surface area contributed by atoms with E-state index < -0.39 is 0 Å². The van der Waals surface area contributed by atoms with Gasteiger partial charge in [0.25, 0.3) is 0 Å². The van der Waals surface area contributed by atoms with Crippen LogP contribution in [0.2, 0.25) is 0 Å². The van der Waals surface area contributed by atoms with Crippen molar-refractivity contribution >= 4 is 5.91 Å². The van der Waals surface area contributed by atoms with Gasteiger partial charge in [0, 0.05) is 26.2 Å². The van der Waals surface area contributed by atoms with Gasteiger partial charge >= 0.3 is 0 Å². The molecule has 1 fully saturated rings. The van der Waals surface area contributed by atoms with Gasteiger partial charge in [-0.25, -0.2) is 0 Å². The first-order valence-corrected chi connectivity index (χ1v) is 7.54. The molecule has 0 aliphatic carbocycles. The van der Waals surface area contributed by atoms with Crippen molar-refractivity contribution in [2.45, 2.75) is 32.2 Å². The molecule has 5 heteroatoms. The number of hydrogen-bond donors (Lipinski definition) is 1. The SMILES string of the molecule is O=C(CCC1CCOCC1)NCc1ccc2c(c1)OCO2. The molecule has 0 saturated carbocycles. The molecular formula is C16H21NO4. The quantitative estimate of drug-likeness (QED) is 0.904. The molecule has 1 N–H and O–H groups in total. The molecule has 5 nitrogen and oxygen atoms in total. The molecule has 1 aromatic carbocycles. The van der Waals surface area contributed by atoms with Crippen LogP contribution in [-0.2, 0) is 16.1 Å². The van der Waals surface area contributed by atoms with E-state index in [-0.39, 0.29) is 12.7 Å². The lowest BCUT2D eigenvalue weighted by atomic mass is 9.95. The predicted molar refractivity (Wildman–Crippen MR) is 77.2 cm³/mol. The van der Waals surface area contributed by atoms with Gasteiger partial charge in [0.15, 0.2) is 11.5 Å². The van der Waals surface area contributed by atoms with Gasteiger partial charge in [-0.15, -0.1) is 0 Å². The van der Waals surface area contributed by atoms with Gasteiger partial charge in [0.05, 0.1) is 0 Å². The van der Waals surface area contributed by atoms with Crippen LogP contribution in [0.25, 0.3) is 0 Å². The Bertz CT molecular complexity index is 497. The number of rotatable bonds is 5. The molecule has 2 aliphatic rings. The Morgan fingerprint density at radius 1 is 1.19 bits per heavy atom. The van der Waals surface area contributed by atoms with Crippen LogP contribution in [0.3, 0.4) is 0 Å². The van der Waals surface area contributed by atoms with Gasteiger partial charge in [-0.1, -0.05) is 6.07 Å². The van der Waals surface area contributed by atoms with Crippen LogP contribution in [0.5, 0.6) is 11.5 Å². The zero-order valence-corrected chi connectivity index (χ0v) is 12.1. The third-order valence-electron chi connectivity index (χ3n) is 4.05. The van der Waals surface area contributed by atoms with E-state index in [1.54, 1.807) is 0 Å². The first-order chi connectivity index (χ1) is 10.3. The van der Waals surface area contributed by atoms with E-state index in [0.717, 1.165) is 49.5 Å². The third kappa shape index (κ3) is 3.88. The summed E-state index contributed by atoms with van der Waals surface area (Å²) in [7, 11) is 0. The highest BCUT2D eigenvalue weighted by Gasteiger charge is 2.16. The summed E-state index contributed by atoms with van der Waals surface area (Å²) in [6, 6.07) is 5.75. The molecule has 114 valence electrons. The Morgan fingerprint density at radius 2 is 2.00 bits per heavy atom. The normalized spacial score (nSPS) is 17.7. The summed E-state index contributed by atoms with van der Waals surface area (Å²) < 4.78 is 15.9. The van der Waals surface area contributed by atoms with E-state index >= 15 is 0 Å². The summed E-state index contributed by atoms with van der Waals surface area (Å²) in [5.74, 6) is 2.27. The number of carbonyl (C=O) groups excluding carboxylic acids is 1. The molecule has 0 radical (unpaired) electrons. The summed E-state index contributed by atoms with van der Waals surface area (Å²) >= 11 is 0. The van der Waals surface area contributed by atoms with Crippen molar-refractivity contribution in [2.24, 2.45) is 5.92 Å². The van der Waals surface area contributed by atoms with E-state index in [0.29, 0.717) is 18.9 Å². The minimum absolute atomic E-state index is 0.110. The monoisotopic (exact) mass is 291 g/mol. The summed E-state index contributed by atoms with van der Waals surface area (Å²) in [5, 5.41) is 2.96. The van der Waals surface area contributed by atoms with Gasteiger partial charge in [0.2, 0.25) is 12.7 Å². The molecule has 2 heterocycles. The second-order valence-electron chi connectivity index (χ2n) is 5.56. The number of amides is 1. The topological polar surface area (TPSA) is 56.8 Å². The second-order valence-corrected chi connectivity index (χ2v) is 5.56. The Hall–Kier alpha value is -1.75. The minimum atomic E-state index is 0.110. The van der Waals surface area contributed by atoms with Crippen molar-refractivity contribution in [1.29, 1.82) is 0 Å². The maximum absolute atomic E-state index is 11.9. The van der Waals surface area contributed by atoms with Crippen molar-refractivity contribution in [3.05, 3.63) is 23.8 Å². The summed E-state index contributed by atoms with van der Waals surface area (Å²) in [4.78, 5) is 11.9. The lowest BCUT2D eigenvalue weighted by molar-refractivity contribution is -0.121. The molecule has 2 aliphatic heterocycles. The molecule has 0 atom stereocenters. The van der Waals surface area contributed by atoms with E-state index in [1.165, 1.54) is 0 Å². The number of ether oxygens (including phenoxy) is 3. The smallest absolute Gasteiger partial charge is 0.231 e. The van der Waals surface area contributed by atoms with Crippen molar-refractivity contribution in [3.63, 3.8) is 0 Å².